The highest BCUT2D eigenvalue weighted by atomic mass is 16.5. The molecule has 0 saturated carbocycles. The normalized spacial score (nSPS) is 36.1. The Bertz CT molecular complexity index is 637. The van der Waals surface area contributed by atoms with Gasteiger partial charge < -0.3 is 14.6 Å². The van der Waals surface area contributed by atoms with Crippen LogP contribution in [0.4, 0.5) is 0 Å². The van der Waals surface area contributed by atoms with E-state index in [1.807, 2.05) is 13.8 Å². The highest BCUT2D eigenvalue weighted by Crippen LogP contribution is 2.44. The number of aliphatic hydroxyl groups is 1. The lowest BCUT2D eigenvalue weighted by Gasteiger charge is -2.42. The number of esters is 2. The van der Waals surface area contributed by atoms with E-state index in [9.17, 15) is 14.7 Å². The molecule has 155 valence electrons. The molecule has 3 aliphatic rings. The summed E-state index contributed by atoms with van der Waals surface area (Å²) >= 11 is 0. The lowest BCUT2D eigenvalue weighted by molar-refractivity contribution is -0.162. The number of rotatable bonds is 6. The zero-order chi connectivity index (χ0) is 20.3. The van der Waals surface area contributed by atoms with E-state index in [2.05, 4.69) is 31.6 Å². The van der Waals surface area contributed by atoms with Crippen LogP contribution >= 0.6 is 0 Å². The van der Waals surface area contributed by atoms with Crippen molar-refractivity contribution in [2.24, 2.45) is 23.7 Å². The largest absolute Gasteiger partial charge is 0.462 e. The summed E-state index contributed by atoms with van der Waals surface area (Å²) in [7, 11) is 0. The molecule has 5 heteroatoms. The fraction of sp³-hybridized carbons (Fsp3) is 0.696. The molecule has 3 rings (SSSR count). The summed E-state index contributed by atoms with van der Waals surface area (Å²) in [6.07, 6.45) is 11.4. The van der Waals surface area contributed by atoms with Crippen molar-refractivity contribution < 1.29 is 24.2 Å². The lowest BCUT2D eigenvalue weighted by Crippen LogP contribution is -2.41. The fourth-order valence-corrected chi connectivity index (χ4v) is 4.65. The Morgan fingerprint density at radius 1 is 1.39 bits per heavy atom. The monoisotopic (exact) mass is 389 g/mol. The molecule has 0 aromatic rings. The van der Waals surface area contributed by atoms with Crippen molar-refractivity contribution in [1.29, 1.82) is 0 Å². The molecule has 1 saturated heterocycles. The van der Waals surface area contributed by atoms with Crippen LogP contribution < -0.4 is 0 Å². The van der Waals surface area contributed by atoms with Gasteiger partial charge in [0.1, 0.15) is 12.2 Å². The maximum Gasteiger partial charge on any atom is 0.308 e. The lowest BCUT2D eigenvalue weighted by atomic mass is 9.66. The van der Waals surface area contributed by atoms with Gasteiger partial charge in [0, 0.05) is 12.3 Å². The van der Waals surface area contributed by atoms with Crippen LogP contribution in [-0.4, -0.2) is 35.4 Å². The Labute approximate surface area is 168 Å². The summed E-state index contributed by atoms with van der Waals surface area (Å²) in [6, 6.07) is 0. The van der Waals surface area contributed by atoms with Crippen molar-refractivity contribution in [3.05, 3.63) is 30.2 Å². The zero-order valence-corrected chi connectivity index (χ0v) is 17.2. The third-order valence-electron chi connectivity index (χ3n) is 6.53. The minimum absolute atomic E-state index is 0.0903. The van der Waals surface area contributed by atoms with Crippen LogP contribution in [-0.2, 0) is 19.1 Å². The Balaban J connectivity index is 1.70. The van der Waals surface area contributed by atoms with E-state index >= 15 is 0 Å². The first-order valence-corrected chi connectivity index (χ1v) is 10.7. The molecular weight excluding hydrogens is 356 g/mol. The first-order valence-electron chi connectivity index (χ1n) is 10.7. The minimum Gasteiger partial charge on any atom is -0.462 e. The molecule has 1 heterocycles. The van der Waals surface area contributed by atoms with E-state index in [-0.39, 0.29) is 42.4 Å². The highest BCUT2D eigenvalue weighted by Gasteiger charge is 2.41. The van der Waals surface area contributed by atoms with E-state index in [0.29, 0.717) is 18.3 Å². The van der Waals surface area contributed by atoms with Gasteiger partial charge in [-0.3, -0.25) is 9.59 Å². The van der Waals surface area contributed by atoms with Crippen LogP contribution in [0.3, 0.4) is 0 Å². The quantitative estimate of drug-likeness (QED) is 0.700. The van der Waals surface area contributed by atoms with Crippen molar-refractivity contribution in [3.63, 3.8) is 0 Å². The predicted molar refractivity (Wildman–Crippen MR) is 106 cm³/mol. The Morgan fingerprint density at radius 3 is 2.89 bits per heavy atom. The van der Waals surface area contributed by atoms with E-state index < -0.39 is 6.10 Å². The molecule has 1 fully saturated rings. The highest BCUT2D eigenvalue weighted by molar-refractivity contribution is 5.72. The zero-order valence-electron chi connectivity index (χ0n) is 17.2. The smallest absolute Gasteiger partial charge is 0.308 e. The molecule has 3 unspecified atom stereocenters. The standard InChI is InChI=1S/C23H33O5/c1-4-14(2)23(26)28-20-7-5-6-16-9-8-15(3)19(22(16)20)11-10-18-12-17(24)13-21(25)27-18/h5-6,8-9,14-15,17-20,22,24H,4,7,10-13H2,1-3H3/t14-,15-,17+,18?,19-,20?,22?/m0/s1. The summed E-state index contributed by atoms with van der Waals surface area (Å²) in [6.45, 7) is 6.11. The summed E-state index contributed by atoms with van der Waals surface area (Å²) in [5.41, 5.74) is 1.22. The average Bonchev–Trinajstić information content (AvgIpc) is 2.66. The molecule has 1 aliphatic heterocycles. The summed E-state index contributed by atoms with van der Waals surface area (Å²) < 4.78 is 11.4. The minimum atomic E-state index is -0.598. The Morgan fingerprint density at radius 2 is 2.18 bits per heavy atom. The molecule has 7 atom stereocenters. The van der Waals surface area contributed by atoms with Crippen LogP contribution in [0.15, 0.2) is 23.8 Å². The third-order valence-corrected chi connectivity index (χ3v) is 6.53. The van der Waals surface area contributed by atoms with Gasteiger partial charge in [-0.1, -0.05) is 39.0 Å². The Kier molecular flexibility index (Phi) is 6.97. The SMILES string of the molecule is CC[C@H](C)C(=O)OC1C[CH]C=C2C=C[C@H](C)[C@H](CCC3C[C@@H](O)CC(=O)O3)C21. The number of ether oxygens (including phenoxy) is 2. The number of cyclic esters (lactones) is 1. The molecule has 1 N–H and O–H groups in total. The van der Waals surface area contributed by atoms with Crippen molar-refractivity contribution in [2.45, 2.75) is 77.6 Å². The van der Waals surface area contributed by atoms with Gasteiger partial charge in [-0.05, 0) is 49.5 Å². The molecule has 5 nitrogen and oxygen atoms in total. The van der Waals surface area contributed by atoms with Gasteiger partial charge in [0.25, 0.3) is 0 Å². The van der Waals surface area contributed by atoms with Crippen molar-refractivity contribution in [1.82, 2.24) is 0 Å². The topological polar surface area (TPSA) is 72.8 Å². The maximum absolute atomic E-state index is 12.4. The number of hydrogen-bond donors (Lipinski definition) is 1. The number of carbonyl (C=O) groups excluding carboxylic acids is 2. The van der Waals surface area contributed by atoms with Crippen LogP contribution in [0.25, 0.3) is 0 Å². The number of allylic oxidation sites excluding steroid dienone is 3. The molecule has 1 radical (unpaired) electrons. The van der Waals surface area contributed by atoms with E-state index in [0.717, 1.165) is 25.7 Å². The molecule has 0 aromatic heterocycles. The van der Waals surface area contributed by atoms with E-state index in [4.69, 9.17) is 9.47 Å². The predicted octanol–water partition coefficient (Wildman–Crippen LogP) is 3.76. The van der Waals surface area contributed by atoms with Crippen LogP contribution in [0.5, 0.6) is 0 Å². The first kappa shape index (κ1) is 21.1. The van der Waals surface area contributed by atoms with Crippen LogP contribution in [0.1, 0.15) is 59.3 Å². The second kappa shape index (κ2) is 9.25. The molecule has 0 aromatic carbocycles. The molecule has 0 amide bonds. The van der Waals surface area contributed by atoms with Gasteiger partial charge >= 0.3 is 11.9 Å². The van der Waals surface area contributed by atoms with Crippen molar-refractivity contribution >= 4 is 11.9 Å². The summed E-state index contributed by atoms with van der Waals surface area (Å²) in [4.78, 5) is 24.1. The number of hydrogen-bond acceptors (Lipinski definition) is 5. The van der Waals surface area contributed by atoms with Crippen molar-refractivity contribution in [2.75, 3.05) is 0 Å². The second-order valence-corrected chi connectivity index (χ2v) is 8.61. The van der Waals surface area contributed by atoms with Crippen LogP contribution in [0.2, 0.25) is 0 Å². The van der Waals surface area contributed by atoms with Gasteiger partial charge in [-0.25, -0.2) is 0 Å². The third kappa shape index (κ3) is 4.86. The molecule has 2 aliphatic carbocycles. The number of fused-ring (bicyclic) bond motifs is 1. The van der Waals surface area contributed by atoms with E-state index in [1.54, 1.807) is 0 Å². The molecule has 28 heavy (non-hydrogen) atoms. The van der Waals surface area contributed by atoms with Gasteiger partial charge in [-0.2, -0.15) is 0 Å². The Hall–Kier alpha value is -1.62. The van der Waals surface area contributed by atoms with E-state index in [1.165, 1.54) is 5.57 Å². The van der Waals surface area contributed by atoms with Gasteiger partial charge in [0.05, 0.1) is 18.4 Å². The molecule has 0 bridgehead atoms. The first-order chi connectivity index (χ1) is 13.4. The van der Waals surface area contributed by atoms with Crippen molar-refractivity contribution in [3.8, 4) is 0 Å². The molecule has 0 spiro atoms. The second-order valence-electron chi connectivity index (χ2n) is 8.61. The number of carbonyl (C=O) groups is 2. The average molecular weight is 390 g/mol. The summed E-state index contributed by atoms with van der Waals surface area (Å²) in [5, 5.41) is 9.86. The van der Waals surface area contributed by atoms with Crippen LogP contribution in [0, 0.1) is 30.1 Å². The van der Waals surface area contributed by atoms with Gasteiger partial charge in [0.2, 0.25) is 0 Å². The number of aliphatic hydroxyl groups excluding tert-OH is 1. The van der Waals surface area contributed by atoms with Gasteiger partial charge in [-0.15, -0.1) is 0 Å². The van der Waals surface area contributed by atoms with Gasteiger partial charge in [0.15, 0.2) is 0 Å². The summed E-state index contributed by atoms with van der Waals surface area (Å²) in [5.74, 6) is 0.322. The fourth-order valence-electron chi connectivity index (χ4n) is 4.65. The maximum atomic E-state index is 12.4. The molecular formula is C23H33O5.